The van der Waals surface area contributed by atoms with Gasteiger partial charge in [0.25, 0.3) is 6.72 Å². The van der Waals surface area contributed by atoms with Gasteiger partial charge in [-0.25, -0.2) is 0 Å². The zero-order valence-electron chi connectivity index (χ0n) is 4.60. The average Bonchev–Trinajstić information content (AvgIpc) is 1.63. The predicted molar refractivity (Wildman–Crippen MR) is 37.4 cm³/mol. The summed E-state index contributed by atoms with van der Waals surface area (Å²) in [5.41, 5.74) is 0. The number of hydrogen-bond donors (Lipinski definition) is 4. The molecule has 0 radical (unpaired) electrons. The number of nitrogens with zero attached hydrogens (tertiary/aromatic N) is 1. The van der Waals surface area contributed by atoms with Crippen LogP contribution in [0.25, 0.3) is 0 Å². The third kappa shape index (κ3) is 8.15. The molecule has 9 heavy (non-hydrogen) atoms. The standard InChI is InChI=1S/C3H8NO3PS/c4-2-1-3-9-8(5,6)7/h5-7,9H,1,3H2. The van der Waals surface area contributed by atoms with Gasteiger partial charge in [0.15, 0.2) is 0 Å². The van der Waals surface area contributed by atoms with Crippen LogP contribution in [-0.2, 0) is 10.9 Å². The number of rotatable bonds is 2. The van der Waals surface area contributed by atoms with Gasteiger partial charge in [-0.15, -0.1) is 10.9 Å². The maximum Gasteiger partial charge on any atom is 0.274 e. The smallest absolute Gasteiger partial charge is 0.274 e. The van der Waals surface area contributed by atoms with E-state index in [4.69, 9.17) is 19.9 Å². The van der Waals surface area contributed by atoms with E-state index in [0.717, 1.165) is 0 Å². The minimum Gasteiger partial charge on any atom is -0.329 e. The zero-order chi connectivity index (χ0) is 7.33. The van der Waals surface area contributed by atoms with Crippen molar-refractivity contribution in [3.05, 3.63) is 0 Å². The van der Waals surface area contributed by atoms with Crippen LogP contribution in [0.4, 0.5) is 0 Å². The van der Waals surface area contributed by atoms with Crippen LogP contribution < -0.4 is 0 Å². The molecule has 0 aromatic rings. The highest BCUT2D eigenvalue weighted by Crippen LogP contribution is 2.30. The van der Waals surface area contributed by atoms with Gasteiger partial charge in [-0.2, -0.15) is 5.26 Å². The first-order chi connectivity index (χ1) is 4.06. The van der Waals surface area contributed by atoms with Crippen molar-refractivity contribution in [2.75, 3.05) is 5.75 Å². The van der Waals surface area contributed by atoms with Crippen molar-refractivity contribution >= 4 is 17.7 Å². The Balaban J connectivity index is 3.61. The van der Waals surface area contributed by atoms with E-state index in [0.29, 0.717) is 5.75 Å². The second-order valence-electron chi connectivity index (χ2n) is 1.31. The maximum absolute atomic E-state index is 8.34. The monoisotopic (exact) mass is 169 g/mol. The van der Waals surface area contributed by atoms with Crippen molar-refractivity contribution < 1.29 is 14.7 Å². The molecule has 0 amide bonds. The van der Waals surface area contributed by atoms with Crippen molar-refractivity contribution in [3.63, 3.8) is 0 Å². The van der Waals surface area contributed by atoms with Gasteiger partial charge in [-0.05, 0) is 0 Å². The second-order valence-corrected chi connectivity index (χ2v) is 5.57. The molecule has 0 heterocycles. The molecular formula is C3H8NO3PS. The minimum absolute atomic E-state index is 0.159. The Morgan fingerprint density at radius 1 is 1.44 bits per heavy atom. The van der Waals surface area contributed by atoms with Gasteiger partial charge < -0.3 is 14.7 Å². The van der Waals surface area contributed by atoms with Crippen molar-refractivity contribution in [1.29, 1.82) is 5.26 Å². The molecule has 0 rings (SSSR count). The molecule has 4 nitrogen and oxygen atoms in total. The number of hydrogen-bond acceptors (Lipinski definition) is 1. The van der Waals surface area contributed by atoms with Crippen LogP contribution >= 0.6 is 6.72 Å². The molecule has 0 aromatic heterocycles. The van der Waals surface area contributed by atoms with Crippen LogP contribution in [0.2, 0.25) is 0 Å². The van der Waals surface area contributed by atoms with Gasteiger partial charge >= 0.3 is 0 Å². The highest BCUT2D eigenvalue weighted by Gasteiger charge is 1.97. The Morgan fingerprint density at radius 3 is 2.33 bits per heavy atom. The molecule has 0 fully saturated rings. The summed E-state index contributed by atoms with van der Waals surface area (Å²) in [6, 6.07) is 1.82. The Labute approximate surface area is 56.6 Å². The van der Waals surface area contributed by atoms with Gasteiger partial charge in [0.2, 0.25) is 0 Å². The van der Waals surface area contributed by atoms with Crippen LogP contribution in [0.1, 0.15) is 6.42 Å². The zero-order valence-corrected chi connectivity index (χ0v) is 6.39. The van der Waals surface area contributed by atoms with E-state index >= 15 is 0 Å². The number of nitriles is 1. The third-order valence-electron chi connectivity index (χ3n) is 0.513. The van der Waals surface area contributed by atoms with Crippen LogP contribution in [0.3, 0.4) is 0 Å². The summed E-state index contributed by atoms with van der Waals surface area (Å²) in [6.45, 7) is -3.62. The Kier molecular flexibility index (Phi) is 4.11. The highest BCUT2D eigenvalue weighted by atomic mass is 32.5. The minimum atomic E-state index is -3.62. The van der Waals surface area contributed by atoms with Crippen molar-refractivity contribution in [2.45, 2.75) is 6.42 Å². The summed E-state index contributed by atoms with van der Waals surface area (Å²) in [5.74, 6) is 0.313. The summed E-state index contributed by atoms with van der Waals surface area (Å²) >= 11 is 0. The molecule has 0 saturated carbocycles. The molecule has 0 saturated heterocycles. The summed E-state index contributed by atoms with van der Waals surface area (Å²) in [4.78, 5) is 25.0. The molecule has 0 atom stereocenters. The molecule has 0 aliphatic rings. The maximum atomic E-state index is 8.34. The molecule has 0 aliphatic carbocycles. The fourth-order valence-electron chi connectivity index (χ4n) is 0.234. The molecule has 0 bridgehead atoms. The lowest BCUT2D eigenvalue weighted by molar-refractivity contribution is 0.363. The summed E-state index contributed by atoms with van der Waals surface area (Å²) in [7, 11) is 0.159. The molecule has 6 heteroatoms. The van der Waals surface area contributed by atoms with Gasteiger partial charge in [0, 0.05) is 12.2 Å². The second kappa shape index (κ2) is 4.04. The molecule has 0 aliphatic heterocycles. The SMILES string of the molecule is N#CCC[SH]=P(O)(O)O. The predicted octanol–water partition coefficient (Wildman–Crippen LogP) is -0.631. The molecule has 0 aromatic carbocycles. The first-order valence-corrected chi connectivity index (χ1v) is 5.63. The van der Waals surface area contributed by atoms with Gasteiger partial charge in [-0.1, -0.05) is 0 Å². The van der Waals surface area contributed by atoms with E-state index in [-0.39, 0.29) is 17.4 Å². The van der Waals surface area contributed by atoms with Crippen LogP contribution in [0.15, 0.2) is 0 Å². The number of thiol groups is 1. The van der Waals surface area contributed by atoms with E-state index in [9.17, 15) is 0 Å². The van der Waals surface area contributed by atoms with Crippen molar-refractivity contribution in [3.8, 4) is 6.07 Å². The van der Waals surface area contributed by atoms with Crippen molar-refractivity contribution in [1.82, 2.24) is 0 Å². The molecular weight excluding hydrogens is 161 g/mol. The highest BCUT2D eigenvalue weighted by molar-refractivity contribution is 8.16. The average molecular weight is 169 g/mol. The van der Waals surface area contributed by atoms with Gasteiger partial charge in [-0.3, -0.25) is 0 Å². The van der Waals surface area contributed by atoms with Gasteiger partial charge in [0.05, 0.1) is 6.07 Å². The fraction of sp³-hybridized carbons (Fsp3) is 0.667. The van der Waals surface area contributed by atoms with Crippen LogP contribution in [0.5, 0.6) is 0 Å². The van der Waals surface area contributed by atoms with E-state index < -0.39 is 6.72 Å². The lowest BCUT2D eigenvalue weighted by atomic mass is 10.6. The first kappa shape index (κ1) is 9.15. The van der Waals surface area contributed by atoms with E-state index in [2.05, 4.69) is 0 Å². The van der Waals surface area contributed by atoms with Crippen molar-refractivity contribution in [2.24, 2.45) is 0 Å². The first-order valence-electron chi connectivity index (χ1n) is 2.19. The normalized spacial score (nSPS) is 10.9. The Hall–Kier alpha value is 0.150. The molecule has 0 unspecified atom stereocenters. The topological polar surface area (TPSA) is 84.5 Å². The Morgan fingerprint density at radius 2 is 2.00 bits per heavy atom. The quantitative estimate of drug-likeness (QED) is 0.252. The lowest BCUT2D eigenvalue weighted by Crippen LogP contribution is -1.82. The Bertz CT molecular complexity index is 160. The molecule has 0 spiro atoms. The summed E-state index contributed by atoms with van der Waals surface area (Å²) in [5, 5.41) is 7.98. The van der Waals surface area contributed by atoms with Crippen LogP contribution in [-0.4, -0.2) is 20.4 Å². The largest absolute Gasteiger partial charge is 0.329 e. The van der Waals surface area contributed by atoms with E-state index in [1.165, 1.54) is 0 Å². The van der Waals surface area contributed by atoms with Crippen LogP contribution in [0, 0.1) is 11.3 Å². The molecule has 54 valence electrons. The van der Waals surface area contributed by atoms with E-state index in [1.807, 2.05) is 6.07 Å². The lowest BCUT2D eigenvalue weighted by Gasteiger charge is -1.99. The van der Waals surface area contributed by atoms with Gasteiger partial charge in [0.1, 0.15) is 0 Å². The molecule has 3 N–H and O–H groups in total. The third-order valence-corrected chi connectivity index (χ3v) is 3.05. The fourth-order valence-corrected chi connectivity index (χ4v) is 1.81. The van der Waals surface area contributed by atoms with E-state index in [1.54, 1.807) is 0 Å². The summed E-state index contributed by atoms with van der Waals surface area (Å²) < 4.78 is 0. The summed E-state index contributed by atoms with van der Waals surface area (Å²) in [6.07, 6.45) is 0.241.